The molecule has 0 aliphatic heterocycles. The zero-order valence-electron chi connectivity index (χ0n) is 10.2. The summed E-state index contributed by atoms with van der Waals surface area (Å²) in [6.07, 6.45) is 3.03. The van der Waals surface area contributed by atoms with Crippen LogP contribution in [0.25, 0.3) is 0 Å². The van der Waals surface area contributed by atoms with Gasteiger partial charge in [0.25, 0.3) is 5.91 Å². The Morgan fingerprint density at radius 2 is 2.24 bits per heavy atom. The molecule has 94 valence electrons. The van der Waals surface area contributed by atoms with Crippen LogP contribution in [-0.2, 0) is 4.74 Å². The van der Waals surface area contributed by atoms with E-state index in [1.165, 1.54) is 6.20 Å². The molecule has 0 radical (unpaired) electrons. The summed E-state index contributed by atoms with van der Waals surface area (Å²) in [6, 6.07) is 0. The van der Waals surface area contributed by atoms with E-state index in [9.17, 15) is 4.79 Å². The van der Waals surface area contributed by atoms with Crippen molar-refractivity contribution in [3.63, 3.8) is 0 Å². The Morgan fingerprint density at radius 1 is 1.41 bits per heavy atom. The summed E-state index contributed by atoms with van der Waals surface area (Å²) in [5, 5.41) is 5.71. The molecule has 17 heavy (non-hydrogen) atoms. The highest BCUT2D eigenvalue weighted by molar-refractivity contribution is 5.92. The van der Waals surface area contributed by atoms with Crippen molar-refractivity contribution in [3.05, 3.63) is 18.1 Å². The molecule has 0 fully saturated rings. The Hall–Kier alpha value is -1.69. The Bertz CT molecular complexity index is 357. The quantitative estimate of drug-likeness (QED) is 0.683. The molecule has 0 spiro atoms. The number of ether oxygens (including phenoxy) is 1. The van der Waals surface area contributed by atoms with E-state index in [2.05, 4.69) is 20.6 Å². The Balaban J connectivity index is 2.47. The minimum atomic E-state index is -0.239. The van der Waals surface area contributed by atoms with Crippen molar-refractivity contribution >= 4 is 11.7 Å². The normalized spacial score (nSPS) is 10.0. The van der Waals surface area contributed by atoms with Crippen molar-refractivity contribution in [3.8, 4) is 0 Å². The van der Waals surface area contributed by atoms with Gasteiger partial charge in [-0.05, 0) is 13.8 Å². The molecule has 1 aromatic rings. The molecule has 6 nitrogen and oxygen atoms in total. The number of amides is 1. The second-order valence-electron chi connectivity index (χ2n) is 3.27. The first kappa shape index (κ1) is 13.4. The van der Waals surface area contributed by atoms with E-state index in [0.717, 1.165) is 6.54 Å². The maximum Gasteiger partial charge on any atom is 0.271 e. The zero-order valence-corrected chi connectivity index (χ0v) is 10.2. The number of carbonyl (C=O) groups is 1. The average molecular weight is 238 g/mol. The fraction of sp³-hybridized carbons (Fsp3) is 0.545. The van der Waals surface area contributed by atoms with E-state index in [1.54, 1.807) is 6.20 Å². The fourth-order valence-electron chi connectivity index (χ4n) is 1.21. The smallest absolute Gasteiger partial charge is 0.271 e. The first-order valence-corrected chi connectivity index (χ1v) is 5.69. The molecule has 0 aliphatic rings. The molecular formula is C11H18N4O2. The third kappa shape index (κ3) is 4.78. The van der Waals surface area contributed by atoms with Crippen LogP contribution >= 0.6 is 0 Å². The van der Waals surface area contributed by atoms with Gasteiger partial charge in [0.2, 0.25) is 0 Å². The van der Waals surface area contributed by atoms with Gasteiger partial charge in [-0.2, -0.15) is 0 Å². The lowest BCUT2D eigenvalue weighted by Gasteiger charge is -2.06. The molecule has 1 rings (SSSR count). The lowest BCUT2D eigenvalue weighted by molar-refractivity contribution is 0.0917. The Morgan fingerprint density at radius 3 is 2.94 bits per heavy atom. The largest absolute Gasteiger partial charge is 0.380 e. The van der Waals surface area contributed by atoms with Crippen LogP contribution in [0, 0.1) is 0 Å². The maximum absolute atomic E-state index is 11.7. The predicted octanol–water partition coefficient (Wildman–Crippen LogP) is 0.675. The fourth-order valence-corrected chi connectivity index (χ4v) is 1.21. The van der Waals surface area contributed by atoms with E-state index < -0.39 is 0 Å². The molecule has 0 saturated carbocycles. The van der Waals surface area contributed by atoms with Gasteiger partial charge in [-0.25, -0.2) is 4.98 Å². The zero-order chi connectivity index (χ0) is 12.5. The van der Waals surface area contributed by atoms with Crippen LogP contribution in [-0.4, -0.2) is 42.2 Å². The van der Waals surface area contributed by atoms with Crippen LogP contribution < -0.4 is 10.6 Å². The van der Waals surface area contributed by atoms with Crippen molar-refractivity contribution in [2.45, 2.75) is 13.8 Å². The number of rotatable bonds is 7. The molecule has 2 N–H and O–H groups in total. The second-order valence-corrected chi connectivity index (χ2v) is 3.27. The van der Waals surface area contributed by atoms with E-state index in [1.807, 2.05) is 13.8 Å². The number of carbonyl (C=O) groups excluding carboxylic acids is 1. The van der Waals surface area contributed by atoms with Gasteiger partial charge in [0.05, 0.1) is 19.0 Å². The standard InChI is InChI=1S/C11H18N4O2/c1-3-13-10-8-12-7-9(15-10)11(16)14-5-6-17-4-2/h7-8H,3-6H2,1-2H3,(H,13,15)(H,14,16). The molecule has 1 heterocycles. The van der Waals surface area contributed by atoms with E-state index in [0.29, 0.717) is 31.3 Å². The van der Waals surface area contributed by atoms with Gasteiger partial charge in [-0.15, -0.1) is 0 Å². The van der Waals surface area contributed by atoms with Crippen molar-refractivity contribution in [1.82, 2.24) is 15.3 Å². The van der Waals surface area contributed by atoms with Crippen LogP contribution in [0.3, 0.4) is 0 Å². The minimum absolute atomic E-state index is 0.239. The topological polar surface area (TPSA) is 76.1 Å². The van der Waals surface area contributed by atoms with Crippen molar-refractivity contribution in [2.75, 3.05) is 31.6 Å². The maximum atomic E-state index is 11.7. The highest BCUT2D eigenvalue weighted by Crippen LogP contribution is 2.01. The molecule has 0 aliphatic carbocycles. The first-order chi connectivity index (χ1) is 8.27. The summed E-state index contributed by atoms with van der Waals surface area (Å²) in [7, 11) is 0. The monoisotopic (exact) mass is 238 g/mol. The second kappa shape index (κ2) is 7.56. The molecule has 0 aromatic carbocycles. The Kier molecular flexibility index (Phi) is 5.95. The summed E-state index contributed by atoms with van der Waals surface area (Å²) in [4.78, 5) is 19.8. The number of nitrogens with zero attached hydrogens (tertiary/aromatic N) is 2. The molecular weight excluding hydrogens is 220 g/mol. The van der Waals surface area contributed by atoms with E-state index in [4.69, 9.17) is 4.74 Å². The van der Waals surface area contributed by atoms with Crippen LogP contribution in [0.4, 0.5) is 5.82 Å². The summed E-state index contributed by atoms with van der Waals surface area (Å²) < 4.78 is 5.12. The molecule has 1 aromatic heterocycles. The third-order valence-corrected chi connectivity index (χ3v) is 1.96. The molecule has 1 amide bonds. The van der Waals surface area contributed by atoms with Gasteiger partial charge < -0.3 is 15.4 Å². The van der Waals surface area contributed by atoms with Gasteiger partial charge in [0.1, 0.15) is 11.5 Å². The van der Waals surface area contributed by atoms with Gasteiger partial charge in [0, 0.05) is 19.7 Å². The van der Waals surface area contributed by atoms with Crippen LogP contribution in [0.1, 0.15) is 24.3 Å². The summed E-state index contributed by atoms with van der Waals surface area (Å²) >= 11 is 0. The van der Waals surface area contributed by atoms with E-state index in [-0.39, 0.29) is 5.91 Å². The van der Waals surface area contributed by atoms with Crippen molar-refractivity contribution < 1.29 is 9.53 Å². The van der Waals surface area contributed by atoms with Gasteiger partial charge in [-0.3, -0.25) is 9.78 Å². The summed E-state index contributed by atoms with van der Waals surface area (Å²) in [5.74, 6) is 0.363. The molecule has 0 bridgehead atoms. The highest BCUT2D eigenvalue weighted by Gasteiger charge is 2.07. The lowest BCUT2D eigenvalue weighted by atomic mass is 10.4. The van der Waals surface area contributed by atoms with Crippen molar-refractivity contribution in [2.24, 2.45) is 0 Å². The first-order valence-electron chi connectivity index (χ1n) is 5.69. The summed E-state index contributed by atoms with van der Waals surface area (Å²) in [5.41, 5.74) is 0.306. The average Bonchev–Trinajstić information content (AvgIpc) is 2.35. The SMILES string of the molecule is CCNc1cncc(C(=O)NCCOCC)n1. The van der Waals surface area contributed by atoms with Crippen LogP contribution in [0.5, 0.6) is 0 Å². The predicted molar refractivity (Wildman–Crippen MR) is 65.0 cm³/mol. The van der Waals surface area contributed by atoms with Crippen molar-refractivity contribution in [1.29, 1.82) is 0 Å². The van der Waals surface area contributed by atoms with Gasteiger partial charge >= 0.3 is 0 Å². The number of anilines is 1. The number of hydrogen-bond acceptors (Lipinski definition) is 5. The van der Waals surface area contributed by atoms with Gasteiger partial charge in [0.15, 0.2) is 0 Å². The third-order valence-electron chi connectivity index (χ3n) is 1.96. The van der Waals surface area contributed by atoms with Gasteiger partial charge in [-0.1, -0.05) is 0 Å². The summed E-state index contributed by atoms with van der Waals surface area (Å²) in [6.45, 7) is 6.22. The lowest BCUT2D eigenvalue weighted by Crippen LogP contribution is -2.28. The minimum Gasteiger partial charge on any atom is -0.380 e. The molecule has 6 heteroatoms. The molecule has 0 unspecified atom stereocenters. The number of nitrogens with one attached hydrogen (secondary N) is 2. The number of hydrogen-bond donors (Lipinski definition) is 2. The van der Waals surface area contributed by atoms with E-state index >= 15 is 0 Å². The Labute approximate surface area is 101 Å². The van der Waals surface area contributed by atoms with Crippen LogP contribution in [0.2, 0.25) is 0 Å². The molecule has 0 atom stereocenters. The van der Waals surface area contributed by atoms with Crippen LogP contribution in [0.15, 0.2) is 12.4 Å². The highest BCUT2D eigenvalue weighted by atomic mass is 16.5. The molecule has 0 saturated heterocycles. The number of aromatic nitrogens is 2.